The fourth-order valence-corrected chi connectivity index (χ4v) is 3.53. The molecule has 2 heterocycles. The Morgan fingerprint density at radius 1 is 1.22 bits per heavy atom. The zero-order valence-corrected chi connectivity index (χ0v) is 17.6. The van der Waals surface area contributed by atoms with Crippen LogP contribution in [-0.4, -0.2) is 62.3 Å². The lowest BCUT2D eigenvalue weighted by molar-refractivity contribution is 0.0242. The number of aliphatic imine (C=N–C) groups is 1. The fourth-order valence-electron chi connectivity index (χ4n) is 3.53. The van der Waals surface area contributed by atoms with E-state index in [1.54, 1.807) is 0 Å². The monoisotopic (exact) mass is 438 g/mol. The molecule has 136 valence electrons. The van der Waals surface area contributed by atoms with E-state index in [9.17, 15) is 0 Å². The van der Waals surface area contributed by atoms with Gasteiger partial charge in [0.05, 0.1) is 5.60 Å². The van der Waals surface area contributed by atoms with Crippen LogP contribution in [0.4, 0.5) is 0 Å². The highest BCUT2D eigenvalue weighted by atomic mass is 127. The van der Waals surface area contributed by atoms with Crippen molar-refractivity contribution < 1.29 is 4.74 Å². The topological polar surface area (TPSA) is 48.9 Å². The Kier molecular flexibility index (Phi) is 9.15. The van der Waals surface area contributed by atoms with Gasteiger partial charge in [0.1, 0.15) is 0 Å². The Bertz CT molecular complexity index is 364. The maximum absolute atomic E-state index is 5.83. The number of hydrogen-bond donors (Lipinski definition) is 2. The molecule has 2 fully saturated rings. The molecule has 2 aliphatic rings. The molecule has 2 aliphatic heterocycles. The molecule has 0 amide bonds. The highest BCUT2D eigenvalue weighted by molar-refractivity contribution is 14.0. The maximum atomic E-state index is 5.83. The minimum Gasteiger partial charge on any atom is -0.373 e. The van der Waals surface area contributed by atoms with Gasteiger partial charge in [-0.15, -0.1) is 24.0 Å². The summed E-state index contributed by atoms with van der Waals surface area (Å²) in [7, 11) is 1.84. The lowest BCUT2D eigenvalue weighted by Crippen LogP contribution is -2.50. The molecule has 5 nitrogen and oxygen atoms in total. The summed E-state index contributed by atoms with van der Waals surface area (Å²) in [4.78, 5) is 6.98. The number of rotatable bonds is 6. The molecule has 0 saturated carbocycles. The number of halogens is 1. The number of guanidine groups is 1. The van der Waals surface area contributed by atoms with Crippen molar-refractivity contribution in [2.24, 2.45) is 10.9 Å². The molecule has 2 saturated heterocycles. The van der Waals surface area contributed by atoms with Crippen molar-refractivity contribution in [3.63, 3.8) is 0 Å². The molecule has 2 unspecified atom stereocenters. The lowest BCUT2D eigenvalue weighted by atomic mass is 10.0. The Morgan fingerprint density at radius 2 is 1.91 bits per heavy atom. The summed E-state index contributed by atoms with van der Waals surface area (Å²) in [5, 5.41) is 6.94. The van der Waals surface area contributed by atoms with E-state index >= 15 is 0 Å². The van der Waals surface area contributed by atoms with Crippen molar-refractivity contribution in [2.75, 3.05) is 39.8 Å². The highest BCUT2D eigenvalue weighted by Crippen LogP contribution is 2.23. The molecule has 0 spiro atoms. The Labute approximate surface area is 159 Å². The van der Waals surface area contributed by atoms with Gasteiger partial charge in [-0.1, -0.05) is 13.8 Å². The summed E-state index contributed by atoms with van der Waals surface area (Å²) < 4.78 is 5.83. The van der Waals surface area contributed by atoms with E-state index in [0.29, 0.717) is 12.0 Å². The van der Waals surface area contributed by atoms with Crippen LogP contribution in [0.15, 0.2) is 4.99 Å². The average molecular weight is 438 g/mol. The number of likely N-dealkylation sites (tertiary alicyclic amines) is 1. The van der Waals surface area contributed by atoms with Gasteiger partial charge in [0.2, 0.25) is 0 Å². The van der Waals surface area contributed by atoms with E-state index in [1.807, 2.05) is 7.05 Å². The molecule has 6 heteroatoms. The van der Waals surface area contributed by atoms with Crippen molar-refractivity contribution in [1.82, 2.24) is 15.5 Å². The van der Waals surface area contributed by atoms with Crippen molar-refractivity contribution in [2.45, 2.75) is 58.1 Å². The van der Waals surface area contributed by atoms with E-state index in [0.717, 1.165) is 38.5 Å². The molecule has 0 aromatic heterocycles. The van der Waals surface area contributed by atoms with Gasteiger partial charge in [0.15, 0.2) is 5.96 Å². The first kappa shape index (κ1) is 21.0. The molecule has 23 heavy (non-hydrogen) atoms. The van der Waals surface area contributed by atoms with Crippen LogP contribution in [0.25, 0.3) is 0 Å². The molecule has 0 bridgehead atoms. The van der Waals surface area contributed by atoms with Crippen LogP contribution >= 0.6 is 24.0 Å². The summed E-state index contributed by atoms with van der Waals surface area (Å²) in [6.45, 7) is 11.9. The van der Waals surface area contributed by atoms with E-state index in [4.69, 9.17) is 4.74 Å². The van der Waals surface area contributed by atoms with E-state index < -0.39 is 0 Å². The normalized spacial score (nSPS) is 27.1. The van der Waals surface area contributed by atoms with E-state index in [-0.39, 0.29) is 29.6 Å². The van der Waals surface area contributed by atoms with Gasteiger partial charge >= 0.3 is 0 Å². The predicted molar refractivity (Wildman–Crippen MR) is 108 cm³/mol. The van der Waals surface area contributed by atoms with Gasteiger partial charge in [-0.3, -0.25) is 9.89 Å². The third-order valence-corrected chi connectivity index (χ3v) is 5.01. The molecule has 0 radical (unpaired) electrons. The Hall–Kier alpha value is -0.0800. The third kappa shape index (κ3) is 6.38. The van der Waals surface area contributed by atoms with Gasteiger partial charge in [0, 0.05) is 32.8 Å². The summed E-state index contributed by atoms with van der Waals surface area (Å²) in [5.41, 5.74) is -0.0377. The second kappa shape index (κ2) is 10.0. The zero-order chi connectivity index (χ0) is 16.0. The van der Waals surface area contributed by atoms with Gasteiger partial charge in [-0.25, -0.2) is 0 Å². The second-order valence-electron chi connectivity index (χ2n) is 7.26. The molecule has 2 rings (SSSR count). The summed E-state index contributed by atoms with van der Waals surface area (Å²) >= 11 is 0. The molecule has 0 aromatic rings. The molecular formula is C17H35IN4O. The lowest BCUT2D eigenvalue weighted by Gasteiger charge is -2.32. The molecular weight excluding hydrogens is 403 g/mol. The van der Waals surface area contributed by atoms with Crippen LogP contribution < -0.4 is 10.6 Å². The van der Waals surface area contributed by atoms with E-state index in [2.05, 4.69) is 41.3 Å². The summed E-state index contributed by atoms with van der Waals surface area (Å²) in [6.07, 6.45) is 4.96. The summed E-state index contributed by atoms with van der Waals surface area (Å²) in [5.74, 6) is 1.54. The smallest absolute Gasteiger partial charge is 0.191 e. The quantitative estimate of drug-likeness (QED) is 0.380. The number of nitrogens with zero attached hydrogens (tertiary/aromatic N) is 2. The third-order valence-electron chi connectivity index (χ3n) is 5.01. The Balaban J connectivity index is 0.00000264. The first-order valence-electron chi connectivity index (χ1n) is 8.86. The Morgan fingerprint density at radius 3 is 2.43 bits per heavy atom. The van der Waals surface area contributed by atoms with Crippen LogP contribution in [0, 0.1) is 5.92 Å². The second-order valence-corrected chi connectivity index (χ2v) is 7.26. The van der Waals surface area contributed by atoms with E-state index in [1.165, 1.54) is 25.9 Å². The molecule has 0 aromatic carbocycles. The zero-order valence-electron chi connectivity index (χ0n) is 15.2. The fraction of sp³-hybridized carbons (Fsp3) is 0.941. The number of ether oxygens (including phenoxy) is 1. The standard InChI is InChI=1S/C17H34N4O.HI/c1-14(2)15(21-9-5-6-10-21)12-19-16(18-4)20-13-17(3)8-7-11-22-17;/h14-15H,5-13H2,1-4H3,(H2,18,19,20);1H. The van der Waals surface area contributed by atoms with Crippen molar-refractivity contribution in [3.05, 3.63) is 0 Å². The van der Waals surface area contributed by atoms with Crippen LogP contribution in [0.5, 0.6) is 0 Å². The average Bonchev–Trinajstić information content (AvgIpc) is 3.14. The van der Waals surface area contributed by atoms with Crippen molar-refractivity contribution >= 4 is 29.9 Å². The minimum absolute atomic E-state index is 0. The van der Waals surface area contributed by atoms with Gasteiger partial charge in [-0.2, -0.15) is 0 Å². The van der Waals surface area contributed by atoms with Crippen LogP contribution in [0.3, 0.4) is 0 Å². The minimum atomic E-state index is -0.0377. The molecule has 0 aliphatic carbocycles. The van der Waals surface area contributed by atoms with Gasteiger partial charge < -0.3 is 15.4 Å². The first-order valence-corrected chi connectivity index (χ1v) is 8.86. The molecule has 2 atom stereocenters. The number of nitrogens with one attached hydrogen (secondary N) is 2. The van der Waals surface area contributed by atoms with Crippen molar-refractivity contribution in [1.29, 1.82) is 0 Å². The largest absolute Gasteiger partial charge is 0.373 e. The SMILES string of the molecule is CN=C(NCC(C(C)C)N1CCCC1)NCC1(C)CCCO1.I. The van der Waals surface area contributed by atoms with Gasteiger partial charge in [0.25, 0.3) is 0 Å². The summed E-state index contributed by atoms with van der Waals surface area (Å²) in [6, 6.07) is 0.583. The van der Waals surface area contributed by atoms with Crippen LogP contribution in [0.2, 0.25) is 0 Å². The highest BCUT2D eigenvalue weighted by Gasteiger charge is 2.30. The maximum Gasteiger partial charge on any atom is 0.191 e. The number of hydrogen-bond acceptors (Lipinski definition) is 3. The predicted octanol–water partition coefficient (Wildman–Crippen LogP) is 2.46. The van der Waals surface area contributed by atoms with Crippen molar-refractivity contribution in [3.8, 4) is 0 Å². The first-order chi connectivity index (χ1) is 10.5. The van der Waals surface area contributed by atoms with Crippen LogP contribution in [-0.2, 0) is 4.74 Å². The molecule has 2 N–H and O–H groups in total. The van der Waals surface area contributed by atoms with Gasteiger partial charge in [-0.05, 0) is 51.6 Å². The van der Waals surface area contributed by atoms with Crippen LogP contribution in [0.1, 0.15) is 46.5 Å².